The van der Waals surface area contributed by atoms with Crippen molar-refractivity contribution in [1.82, 2.24) is 5.32 Å². The predicted molar refractivity (Wildman–Crippen MR) is 134 cm³/mol. The van der Waals surface area contributed by atoms with E-state index in [4.69, 9.17) is 18.9 Å². The fourth-order valence-corrected chi connectivity index (χ4v) is 4.64. The van der Waals surface area contributed by atoms with Gasteiger partial charge in [0.1, 0.15) is 6.61 Å². The zero-order valence-corrected chi connectivity index (χ0v) is 20.4. The molecule has 1 atom stereocenters. The predicted octanol–water partition coefficient (Wildman–Crippen LogP) is 4.49. The van der Waals surface area contributed by atoms with E-state index in [1.165, 1.54) is 21.3 Å². The van der Waals surface area contributed by atoms with E-state index in [1.807, 2.05) is 36.4 Å². The van der Waals surface area contributed by atoms with E-state index in [0.29, 0.717) is 22.8 Å². The van der Waals surface area contributed by atoms with Crippen molar-refractivity contribution in [2.45, 2.75) is 12.3 Å². The summed E-state index contributed by atoms with van der Waals surface area (Å²) in [6, 6.07) is 19.5. The summed E-state index contributed by atoms with van der Waals surface area (Å²) in [5.74, 6) is -0.706. The number of carboxylic acid groups (broad SMARTS) is 1. The van der Waals surface area contributed by atoms with Crippen LogP contribution in [0.3, 0.4) is 0 Å². The highest BCUT2D eigenvalue weighted by atomic mass is 16.5. The van der Waals surface area contributed by atoms with E-state index in [0.717, 1.165) is 22.3 Å². The van der Waals surface area contributed by atoms with Gasteiger partial charge in [-0.1, -0.05) is 48.5 Å². The Morgan fingerprint density at radius 3 is 1.94 bits per heavy atom. The fraction of sp³-hybridized carbons (Fsp3) is 0.286. The van der Waals surface area contributed by atoms with Gasteiger partial charge in [0.2, 0.25) is 5.75 Å². The van der Waals surface area contributed by atoms with Crippen LogP contribution in [0.5, 0.6) is 17.2 Å². The normalized spacial score (nSPS) is 12.8. The number of methoxy groups -OCH3 is 3. The Hall–Kier alpha value is -4.20. The molecule has 1 aliphatic rings. The molecule has 0 saturated heterocycles. The molecule has 8 heteroatoms. The summed E-state index contributed by atoms with van der Waals surface area (Å²) < 4.78 is 21.5. The van der Waals surface area contributed by atoms with E-state index in [1.54, 1.807) is 12.1 Å². The molecule has 0 unspecified atom stereocenters. The van der Waals surface area contributed by atoms with Crippen LogP contribution in [0.1, 0.15) is 22.6 Å². The second-order valence-electron chi connectivity index (χ2n) is 8.48. The lowest BCUT2D eigenvalue weighted by atomic mass is 9.98. The number of ether oxygens (including phenoxy) is 4. The first-order valence-electron chi connectivity index (χ1n) is 11.6. The second kappa shape index (κ2) is 11.0. The van der Waals surface area contributed by atoms with E-state index >= 15 is 0 Å². The Kier molecular flexibility index (Phi) is 7.63. The molecule has 0 radical (unpaired) electrons. The van der Waals surface area contributed by atoms with Crippen molar-refractivity contribution in [2.75, 3.05) is 34.5 Å². The largest absolute Gasteiger partial charge is 0.493 e. The molecule has 0 spiro atoms. The molecule has 3 aromatic rings. The van der Waals surface area contributed by atoms with Gasteiger partial charge in [-0.05, 0) is 46.4 Å². The lowest BCUT2D eigenvalue weighted by Crippen LogP contribution is -2.35. The van der Waals surface area contributed by atoms with Crippen LogP contribution < -0.4 is 19.5 Å². The zero-order valence-electron chi connectivity index (χ0n) is 20.4. The summed E-state index contributed by atoms with van der Waals surface area (Å²) in [4.78, 5) is 24.4. The van der Waals surface area contributed by atoms with Crippen LogP contribution in [0.4, 0.5) is 4.79 Å². The first-order valence-corrected chi connectivity index (χ1v) is 11.6. The molecule has 4 rings (SSSR count). The average molecular weight is 492 g/mol. The lowest BCUT2D eigenvalue weighted by Gasteiger charge is -2.18. The van der Waals surface area contributed by atoms with E-state index < -0.39 is 18.0 Å². The number of nitrogens with one attached hydrogen (secondary N) is 1. The number of fused-ring (bicyclic) bond motifs is 3. The number of carboxylic acids is 1. The van der Waals surface area contributed by atoms with Crippen LogP contribution >= 0.6 is 0 Å². The Morgan fingerprint density at radius 1 is 0.889 bits per heavy atom. The van der Waals surface area contributed by atoms with Crippen LogP contribution in [0.15, 0.2) is 60.7 Å². The smallest absolute Gasteiger partial charge is 0.407 e. The number of carbonyl (C=O) groups excluding carboxylic acids is 1. The van der Waals surface area contributed by atoms with Crippen LogP contribution in [-0.2, 0) is 16.0 Å². The van der Waals surface area contributed by atoms with Gasteiger partial charge in [0.15, 0.2) is 11.5 Å². The topological polar surface area (TPSA) is 103 Å². The highest BCUT2D eigenvalue weighted by Crippen LogP contribution is 2.44. The molecule has 0 heterocycles. The minimum Gasteiger partial charge on any atom is -0.493 e. The molecule has 0 saturated carbocycles. The van der Waals surface area contributed by atoms with Crippen LogP contribution in [0.2, 0.25) is 0 Å². The third kappa shape index (κ3) is 5.07. The third-order valence-electron chi connectivity index (χ3n) is 6.39. The molecule has 2 N–H and O–H groups in total. The minimum atomic E-state index is -1.04. The molecule has 3 aromatic carbocycles. The lowest BCUT2D eigenvalue weighted by molar-refractivity contribution is -0.141. The number of benzene rings is 3. The fourth-order valence-electron chi connectivity index (χ4n) is 4.64. The number of hydrogen-bond acceptors (Lipinski definition) is 6. The van der Waals surface area contributed by atoms with Gasteiger partial charge in [0.05, 0.1) is 27.2 Å². The molecule has 0 aliphatic heterocycles. The van der Waals surface area contributed by atoms with Gasteiger partial charge < -0.3 is 29.4 Å². The average Bonchev–Trinajstić information content (AvgIpc) is 3.22. The number of rotatable bonds is 10. The van der Waals surface area contributed by atoms with E-state index in [-0.39, 0.29) is 25.5 Å². The number of alkyl carbamates (subject to hydrolysis) is 1. The summed E-state index contributed by atoms with van der Waals surface area (Å²) in [5, 5.41) is 12.3. The van der Waals surface area contributed by atoms with Gasteiger partial charge in [0, 0.05) is 12.5 Å². The molecule has 0 aromatic heterocycles. The van der Waals surface area contributed by atoms with Gasteiger partial charge in [-0.3, -0.25) is 4.79 Å². The quantitative estimate of drug-likeness (QED) is 0.431. The second-order valence-corrected chi connectivity index (χ2v) is 8.48. The summed E-state index contributed by atoms with van der Waals surface area (Å²) in [7, 11) is 4.49. The summed E-state index contributed by atoms with van der Waals surface area (Å²) in [6.45, 7) is 0.0626. The maximum absolute atomic E-state index is 12.5. The van der Waals surface area contributed by atoms with Gasteiger partial charge in [0.25, 0.3) is 0 Å². The van der Waals surface area contributed by atoms with E-state index in [9.17, 15) is 14.7 Å². The number of hydrogen-bond donors (Lipinski definition) is 2. The zero-order chi connectivity index (χ0) is 25.7. The Balaban J connectivity index is 1.39. The first-order chi connectivity index (χ1) is 17.5. The van der Waals surface area contributed by atoms with Crippen molar-refractivity contribution in [1.29, 1.82) is 0 Å². The van der Waals surface area contributed by atoms with Gasteiger partial charge in [-0.2, -0.15) is 0 Å². The van der Waals surface area contributed by atoms with Crippen molar-refractivity contribution in [3.05, 3.63) is 77.4 Å². The Bertz CT molecular complexity index is 1190. The Morgan fingerprint density at radius 2 is 1.44 bits per heavy atom. The van der Waals surface area contributed by atoms with Gasteiger partial charge in [-0.25, -0.2) is 4.79 Å². The van der Waals surface area contributed by atoms with Crippen LogP contribution in [0.25, 0.3) is 11.1 Å². The molecule has 8 nitrogen and oxygen atoms in total. The van der Waals surface area contributed by atoms with Crippen LogP contribution in [0, 0.1) is 5.92 Å². The maximum Gasteiger partial charge on any atom is 0.407 e. The molecule has 36 heavy (non-hydrogen) atoms. The molecule has 188 valence electrons. The van der Waals surface area contributed by atoms with Crippen molar-refractivity contribution in [2.24, 2.45) is 5.92 Å². The molecular formula is C28H29NO7. The summed E-state index contributed by atoms with van der Waals surface area (Å²) in [6.07, 6.45) is -0.511. The van der Waals surface area contributed by atoms with Crippen molar-refractivity contribution in [3.63, 3.8) is 0 Å². The minimum absolute atomic E-state index is 0.0716. The maximum atomic E-state index is 12.5. The van der Waals surface area contributed by atoms with Crippen molar-refractivity contribution >= 4 is 12.1 Å². The first kappa shape index (κ1) is 24.9. The monoisotopic (exact) mass is 491 g/mol. The highest BCUT2D eigenvalue weighted by molar-refractivity contribution is 5.79. The number of carbonyl (C=O) groups is 2. The third-order valence-corrected chi connectivity index (χ3v) is 6.39. The number of amides is 1. The Labute approximate surface area is 209 Å². The van der Waals surface area contributed by atoms with E-state index in [2.05, 4.69) is 17.4 Å². The van der Waals surface area contributed by atoms with Gasteiger partial charge in [-0.15, -0.1) is 0 Å². The van der Waals surface area contributed by atoms with Gasteiger partial charge >= 0.3 is 12.1 Å². The standard InChI is InChI=1S/C28H29NO7/c1-33-24-13-17(14-25(34-2)26(24)35-3)12-18(27(30)31)15-29-28(32)36-16-23-21-10-6-4-8-19(21)20-9-5-7-11-22(20)23/h4-11,13-14,18,23H,12,15-16H2,1-3H3,(H,29,32)(H,30,31)/t18-/m1/s1. The summed E-state index contributed by atoms with van der Waals surface area (Å²) in [5.41, 5.74) is 5.16. The number of aliphatic carboxylic acids is 1. The molecule has 1 amide bonds. The van der Waals surface area contributed by atoms with Crippen molar-refractivity contribution < 1.29 is 33.6 Å². The highest BCUT2D eigenvalue weighted by Gasteiger charge is 2.29. The molecule has 1 aliphatic carbocycles. The summed E-state index contributed by atoms with van der Waals surface area (Å²) >= 11 is 0. The molecular weight excluding hydrogens is 462 g/mol. The van der Waals surface area contributed by atoms with Crippen LogP contribution in [-0.4, -0.2) is 51.7 Å². The molecule has 0 bridgehead atoms. The SMILES string of the molecule is COc1cc(C[C@H](CNC(=O)OCC2c3ccccc3-c3ccccc32)C(=O)O)cc(OC)c1OC. The van der Waals surface area contributed by atoms with Crippen molar-refractivity contribution in [3.8, 4) is 28.4 Å². The molecule has 0 fully saturated rings.